The largest absolute Gasteiger partial charge is 0.469 e. The van der Waals surface area contributed by atoms with Crippen LogP contribution in [-0.2, 0) is 16.1 Å². The van der Waals surface area contributed by atoms with Gasteiger partial charge in [-0.1, -0.05) is 6.07 Å². The van der Waals surface area contributed by atoms with Gasteiger partial charge in [0.25, 0.3) is 0 Å². The molecule has 6 nitrogen and oxygen atoms in total. The smallest absolute Gasteiger partial charge is 0.308 e. The zero-order valence-electron chi connectivity index (χ0n) is 13.1. The van der Waals surface area contributed by atoms with Crippen LogP contribution in [0.5, 0.6) is 0 Å². The fourth-order valence-corrected chi connectivity index (χ4v) is 3.68. The van der Waals surface area contributed by atoms with Crippen LogP contribution in [-0.4, -0.2) is 41.5 Å². The Morgan fingerprint density at radius 3 is 2.78 bits per heavy atom. The van der Waals surface area contributed by atoms with Gasteiger partial charge < -0.3 is 14.2 Å². The number of carbonyl (C=O) groups is 2. The van der Waals surface area contributed by atoms with Crippen molar-refractivity contribution in [2.75, 3.05) is 25.1 Å². The molecule has 0 N–H and O–H groups in total. The summed E-state index contributed by atoms with van der Waals surface area (Å²) in [5.74, 6) is 0.980. The lowest BCUT2D eigenvalue weighted by Gasteiger charge is -2.32. The molecule has 23 heavy (non-hydrogen) atoms. The van der Waals surface area contributed by atoms with Gasteiger partial charge in [-0.3, -0.25) is 9.59 Å². The molecule has 0 saturated carbocycles. The lowest BCUT2D eigenvalue weighted by Crippen LogP contribution is -2.38. The van der Waals surface area contributed by atoms with E-state index >= 15 is 0 Å². The molecule has 0 bridgehead atoms. The van der Waals surface area contributed by atoms with Crippen LogP contribution in [0.3, 0.4) is 0 Å². The Kier molecular flexibility index (Phi) is 3.32. The second-order valence-corrected chi connectivity index (χ2v) is 6.19. The highest BCUT2D eigenvalue weighted by Crippen LogP contribution is 2.32. The van der Waals surface area contributed by atoms with E-state index in [1.54, 1.807) is 0 Å². The Morgan fingerprint density at radius 2 is 2.04 bits per heavy atom. The van der Waals surface area contributed by atoms with E-state index in [1.165, 1.54) is 7.11 Å². The maximum atomic E-state index is 12.1. The summed E-state index contributed by atoms with van der Waals surface area (Å²) in [6.07, 6.45) is 2.08. The third-order valence-electron chi connectivity index (χ3n) is 4.92. The van der Waals surface area contributed by atoms with E-state index in [0.29, 0.717) is 13.0 Å². The zero-order valence-corrected chi connectivity index (χ0v) is 13.1. The molecule has 1 fully saturated rings. The number of methoxy groups -OCH3 is 1. The van der Waals surface area contributed by atoms with Gasteiger partial charge in [-0.15, -0.1) is 0 Å². The van der Waals surface area contributed by atoms with Gasteiger partial charge in [0.1, 0.15) is 0 Å². The van der Waals surface area contributed by atoms with Gasteiger partial charge in [0.2, 0.25) is 5.95 Å². The van der Waals surface area contributed by atoms with E-state index in [-0.39, 0.29) is 17.7 Å². The summed E-state index contributed by atoms with van der Waals surface area (Å²) in [5.41, 5.74) is 2.60. The van der Waals surface area contributed by atoms with Crippen molar-refractivity contribution in [1.29, 1.82) is 0 Å². The molecule has 3 heterocycles. The monoisotopic (exact) mass is 313 g/mol. The van der Waals surface area contributed by atoms with Crippen molar-refractivity contribution in [2.45, 2.75) is 25.8 Å². The third-order valence-corrected chi connectivity index (χ3v) is 4.92. The highest BCUT2D eigenvalue weighted by molar-refractivity contribution is 6.08. The molecule has 4 rings (SSSR count). The number of rotatable bonds is 2. The number of carbonyl (C=O) groups excluding carboxylic acids is 2. The molecule has 0 unspecified atom stereocenters. The topological polar surface area (TPSA) is 64.4 Å². The minimum Gasteiger partial charge on any atom is -0.469 e. The highest BCUT2D eigenvalue weighted by atomic mass is 16.5. The van der Waals surface area contributed by atoms with Gasteiger partial charge >= 0.3 is 5.97 Å². The van der Waals surface area contributed by atoms with Crippen LogP contribution in [0.25, 0.3) is 11.0 Å². The van der Waals surface area contributed by atoms with Crippen molar-refractivity contribution in [1.82, 2.24) is 9.55 Å². The lowest BCUT2D eigenvalue weighted by molar-refractivity contribution is -0.146. The number of imidazole rings is 1. The summed E-state index contributed by atoms with van der Waals surface area (Å²) in [6, 6.07) is 5.74. The van der Waals surface area contributed by atoms with E-state index in [0.717, 1.165) is 48.5 Å². The van der Waals surface area contributed by atoms with Crippen molar-refractivity contribution < 1.29 is 14.3 Å². The number of anilines is 1. The highest BCUT2D eigenvalue weighted by Gasteiger charge is 2.30. The van der Waals surface area contributed by atoms with Gasteiger partial charge in [0, 0.05) is 31.6 Å². The Labute approximate surface area is 134 Å². The first-order valence-electron chi connectivity index (χ1n) is 8.04. The summed E-state index contributed by atoms with van der Waals surface area (Å²) < 4.78 is 7.00. The molecule has 120 valence electrons. The van der Waals surface area contributed by atoms with Crippen molar-refractivity contribution in [3.05, 3.63) is 23.8 Å². The van der Waals surface area contributed by atoms with Crippen LogP contribution in [0.2, 0.25) is 0 Å². The van der Waals surface area contributed by atoms with Crippen molar-refractivity contribution in [2.24, 2.45) is 5.92 Å². The number of piperidine rings is 1. The number of aromatic nitrogens is 2. The van der Waals surface area contributed by atoms with Gasteiger partial charge in [-0.25, -0.2) is 4.98 Å². The number of hydrogen-bond acceptors (Lipinski definition) is 5. The summed E-state index contributed by atoms with van der Waals surface area (Å²) in [7, 11) is 1.44. The third kappa shape index (κ3) is 2.20. The van der Waals surface area contributed by atoms with Crippen molar-refractivity contribution in [3.8, 4) is 0 Å². The molecular weight excluding hydrogens is 294 g/mol. The number of aryl methyl sites for hydroxylation is 1. The molecule has 1 aromatic heterocycles. The van der Waals surface area contributed by atoms with Crippen molar-refractivity contribution >= 4 is 28.7 Å². The van der Waals surface area contributed by atoms with Crippen LogP contribution >= 0.6 is 0 Å². The average molecular weight is 313 g/mol. The fraction of sp³-hybridized carbons (Fsp3) is 0.471. The summed E-state index contributed by atoms with van der Waals surface area (Å²) in [6.45, 7) is 2.25. The van der Waals surface area contributed by atoms with Gasteiger partial charge in [0.05, 0.1) is 24.1 Å². The Morgan fingerprint density at radius 1 is 1.26 bits per heavy atom. The van der Waals surface area contributed by atoms with E-state index in [2.05, 4.69) is 9.47 Å². The molecule has 0 aliphatic carbocycles. The van der Waals surface area contributed by atoms with Gasteiger partial charge in [-0.2, -0.15) is 0 Å². The first kappa shape index (κ1) is 14.2. The summed E-state index contributed by atoms with van der Waals surface area (Å²) >= 11 is 0. The predicted molar refractivity (Wildman–Crippen MR) is 85.6 cm³/mol. The number of Topliss-reactive ketones (excluding diaryl/α,β-unsaturated/α-hetero) is 1. The van der Waals surface area contributed by atoms with Gasteiger partial charge in [-0.05, 0) is 25.0 Å². The molecule has 2 aliphatic rings. The first-order chi connectivity index (χ1) is 11.2. The van der Waals surface area contributed by atoms with Gasteiger partial charge in [0.15, 0.2) is 5.78 Å². The Bertz CT molecular complexity index is 788. The molecular formula is C17H19N3O3. The quantitative estimate of drug-likeness (QED) is 0.794. The summed E-state index contributed by atoms with van der Waals surface area (Å²) in [4.78, 5) is 30.7. The molecule has 0 atom stereocenters. The number of benzene rings is 1. The van der Waals surface area contributed by atoms with Crippen LogP contribution in [0, 0.1) is 5.92 Å². The van der Waals surface area contributed by atoms with Crippen LogP contribution in [0.1, 0.15) is 29.6 Å². The molecule has 2 aromatic rings. The van der Waals surface area contributed by atoms with Crippen LogP contribution in [0.15, 0.2) is 18.2 Å². The molecule has 1 saturated heterocycles. The number of ether oxygens (including phenoxy) is 1. The molecule has 0 radical (unpaired) electrons. The summed E-state index contributed by atoms with van der Waals surface area (Å²) in [5, 5.41) is 0. The molecule has 0 spiro atoms. The number of ketones is 1. The number of para-hydroxylation sites is 1. The maximum Gasteiger partial charge on any atom is 0.308 e. The van der Waals surface area contributed by atoms with E-state index < -0.39 is 0 Å². The van der Waals surface area contributed by atoms with Crippen molar-refractivity contribution in [3.63, 3.8) is 0 Å². The number of hydrogen-bond donors (Lipinski definition) is 0. The molecule has 1 aromatic carbocycles. The standard InChI is InChI=1S/C17H19N3O3/c1-23-16(22)11-5-8-19(9-6-11)17-18-13-4-2-3-12-14(21)7-10-20(17)15(12)13/h2-4,11H,5-10H2,1H3. The number of nitrogens with zero attached hydrogens (tertiary/aromatic N) is 3. The Hall–Kier alpha value is -2.37. The fourth-order valence-electron chi connectivity index (χ4n) is 3.68. The van der Waals surface area contributed by atoms with E-state index in [1.807, 2.05) is 18.2 Å². The number of esters is 1. The normalized spacial score (nSPS) is 18.5. The second-order valence-electron chi connectivity index (χ2n) is 6.19. The lowest BCUT2D eigenvalue weighted by atomic mass is 9.97. The van der Waals surface area contributed by atoms with Crippen LogP contribution in [0.4, 0.5) is 5.95 Å². The van der Waals surface area contributed by atoms with E-state index in [4.69, 9.17) is 9.72 Å². The minimum absolute atomic E-state index is 0.0147. The van der Waals surface area contributed by atoms with E-state index in [9.17, 15) is 9.59 Å². The SMILES string of the molecule is COC(=O)C1CCN(c2nc3cccc4c3n2CCC4=O)CC1. The molecule has 2 aliphatic heterocycles. The molecule has 6 heteroatoms. The first-order valence-corrected chi connectivity index (χ1v) is 8.04. The Balaban J connectivity index is 1.67. The predicted octanol–water partition coefficient (Wildman–Crippen LogP) is 2.01. The zero-order chi connectivity index (χ0) is 16.0. The maximum absolute atomic E-state index is 12.1. The second kappa shape index (κ2) is 5.37. The molecule has 0 amide bonds. The van der Waals surface area contributed by atoms with Crippen LogP contribution < -0.4 is 4.90 Å². The minimum atomic E-state index is -0.118. The average Bonchev–Trinajstić information content (AvgIpc) is 2.97.